The third-order valence-electron chi connectivity index (χ3n) is 7.22. The fourth-order valence-electron chi connectivity index (χ4n) is 5.96. The number of esters is 2. The first-order chi connectivity index (χ1) is 14.1. The van der Waals surface area contributed by atoms with Crippen molar-refractivity contribution in [1.29, 1.82) is 0 Å². The largest absolute Gasteiger partial charge is 0.462 e. The van der Waals surface area contributed by atoms with Crippen molar-refractivity contribution in [1.82, 2.24) is 0 Å². The molecule has 0 saturated heterocycles. The Morgan fingerprint density at radius 3 is 1.93 bits per heavy atom. The minimum Gasteiger partial charge on any atom is -0.462 e. The Kier molecular flexibility index (Phi) is 6.56. The zero-order chi connectivity index (χ0) is 20.2. The molecule has 4 saturated carbocycles. The second-order valence-corrected chi connectivity index (χ2v) is 9.43. The summed E-state index contributed by atoms with van der Waals surface area (Å²) in [6.07, 6.45) is 12.0. The zero-order valence-electron chi connectivity index (χ0n) is 17.6. The van der Waals surface area contributed by atoms with Crippen LogP contribution in [0.2, 0.25) is 0 Å². The molecule has 5 rings (SSSR count). The summed E-state index contributed by atoms with van der Waals surface area (Å²) in [5.74, 6) is 2.28. The lowest BCUT2D eigenvalue weighted by Crippen LogP contribution is -2.50. The lowest BCUT2D eigenvalue weighted by atomic mass is 9.55. The summed E-state index contributed by atoms with van der Waals surface area (Å²) in [5.41, 5.74) is 1.01. The first kappa shape index (κ1) is 20.4. The van der Waals surface area contributed by atoms with Gasteiger partial charge >= 0.3 is 11.9 Å². The highest BCUT2D eigenvalue weighted by atomic mass is 16.5. The highest BCUT2D eigenvalue weighted by Gasteiger charge is 2.49. The number of benzene rings is 1. The maximum atomic E-state index is 12.7. The van der Waals surface area contributed by atoms with Crippen LogP contribution >= 0.6 is 0 Å². The van der Waals surface area contributed by atoms with Gasteiger partial charge in [0.15, 0.2) is 0 Å². The lowest BCUT2D eigenvalue weighted by Gasteiger charge is -2.53. The predicted octanol–water partition coefficient (Wildman–Crippen LogP) is 5.80. The van der Waals surface area contributed by atoms with Crippen molar-refractivity contribution >= 4 is 11.9 Å². The molecule has 0 unspecified atom stereocenters. The first-order valence-electron chi connectivity index (χ1n) is 11.6. The van der Waals surface area contributed by atoms with E-state index < -0.39 is 0 Å². The average Bonchev–Trinajstić information content (AvgIpc) is 2.72. The Balaban J connectivity index is 1.25. The van der Waals surface area contributed by atoms with Crippen molar-refractivity contribution in [2.24, 2.45) is 23.7 Å². The molecule has 4 aliphatic carbocycles. The zero-order valence-corrected chi connectivity index (χ0v) is 17.6. The van der Waals surface area contributed by atoms with Crippen molar-refractivity contribution in [3.05, 3.63) is 35.4 Å². The topological polar surface area (TPSA) is 52.6 Å². The van der Waals surface area contributed by atoms with Gasteiger partial charge in [-0.25, -0.2) is 9.59 Å². The summed E-state index contributed by atoms with van der Waals surface area (Å²) in [6.45, 7) is 2.64. The third-order valence-corrected chi connectivity index (χ3v) is 7.22. The Labute approximate surface area is 174 Å². The molecule has 4 aliphatic rings. The third kappa shape index (κ3) is 4.84. The monoisotopic (exact) mass is 398 g/mol. The van der Waals surface area contributed by atoms with Gasteiger partial charge in [-0.2, -0.15) is 0 Å². The van der Waals surface area contributed by atoms with Crippen molar-refractivity contribution in [2.75, 3.05) is 6.61 Å². The van der Waals surface area contributed by atoms with Gasteiger partial charge in [0, 0.05) is 0 Å². The summed E-state index contributed by atoms with van der Waals surface area (Å²) in [5, 5.41) is 0. The van der Waals surface area contributed by atoms with E-state index >= 15 is 0 Å². The lowest BCUT2D eigenvalue weighted by molar-refractivity contribution is -0.101. The second kappa shape index (κ2) is 9.32. The van der Waals surface area contributed by atoms with E-state index in [0.717, 1.165) is 24.7 Å². The summed E-state index contributed by atoms with van der Waals surface area (Å²) >= 11 is 0. The molecule has 1 aromatic carbocycles. The Morgan fingerprint density at radius 1 is 0.793 bits per heavy atom. The van der Waals surface area contributed by atoms with Crippen LogP contribution in [0.1, 0.15) is 91.8 Å². The molecule has 0 atom stereocenters. The molecule has 0 N–H and O–H groups in total. The number of hydrogen-bond donors (Lipinski definition) is 0. The van der Waals surface area contributed by atoms with Crippen LogP contribution in [0.3, 0.4) is 0 Å². The molecule has 0 heterocycles. The molecule has 4 bridgehead atoms. The van der Waals surface area contributed by atoms with E-state index in [1.165, 1.54) is 51.4 Å². The van der Waals surface area contributed by atoms with Gasteiger partial charge in [0.2, 0.25) is 0 Å². The van der Waals surface area contributed by atoms with E-state index in [4.69, 9.17) is 9.47 Å². The minimum absolute atomic E-state index is 0.0904. The predicted molar refractivity (Wildman–Crippen MR) is 112 cm³/mol. The van der Waals surface area contributed by atoms with Crippen LogP contribution in [-0.4, -0.2) is 24.6 Å². The van der Waals surface area contributed by atoms with Crippen LogP contribution < -0.4 is 0 Å². The van der Waals surface area contributed by atoms with Crippen LogP contribution in [0.15, 0.2) is 24.3 Å². The molecule has 4 fully saturated rings. The molecule has 4 nitrogen and oxygen atoms in total. The SMILES string of the molecule is CCCCCCCOC(=O)c1ccc(C(=O)OC2C3CC4CC(C3)CC2C4)cc1. The van der Waals surface area contributed by atoms with E-state index in [2.05, 4.69) is 6.92 Å². The molecule has 0 radical (unpaired) electrons. The smallest absolute Gasteiger partial charge is 0.338 e. The Morgan fingerprint density at radius 2 is 1.34 bits per heavy atom. The molecule has 0 aliphatic heterocycles. The molecule has 0 aromatic heterocycles. The van der Waals surface area contributed by atoms with Crippen LogP contribution in [-0.2, 0) is 9.47 Å². The molecule has 1 aromatic rings. The molecule has 0 spiro atoms. The summed E-state index contributed by atoms with van der Waals surface area (Å²) < 4.78 is 11.3. The molecule has 4 heteroatoms. The second-order valence-electron chi connectivity index (χ2n) is 9.43. The number of unbranched alkanes of at least 4 members (excludes halogenated alkanes) is 4. The molecule has 29 heavy (non-hydrogen) atoms. The van der Waals surface area contributed by atoms with Crippen molar-refractivity contribution in [3.8, 4) is 0 Å². The normalized spacial score (nSPS) is 29.6. The highest BCUT2D eigenvalue weighted by Crippen LogP contribution is 2.54. The first-order valence-corrected chi connectivity index (χ1v) is 11.6. The van der Waals surface area contributed by atoms with Crippen LogP contribution in [0.4, 0.5) is 0 Å². The van der Waals surface area contributed by atoms with E-state index in [1.54, 1.807) is 24.3 Å². The molecular weight excluding hydrogens is 364 g/mol. The van der Waals surface area contributed by atoms with Gasteiger partial charge < -0.3 is 9.47 Å². The average molecular weight is 399 g/mol. The van der Waals surface area contributed by atoms with E-state index in [1.807, 2.05) is 0 Å². The van der Waals surface area contributed by atoms with E-state index in [9.17, 15) is 9.59 Å². The Bertz CT molecular complexity index is 680. The molecular formula is C25H34O4. The van der Waals surface area contributed by atoms with Crippen molar-refractivity contribution in [3.63, 3.8) is 0 Å². The summed E-state index contributed by atoms with van der Waals surface area (Å²) in [4.78, 5) is 24.8. The number of rotatable bonds is 9. The van der Waals surface area contributed by atoms with Crippen LogP contribution in [0.5, 0.6) is 0 Å². The fraction of sp³-hybridized carbons (Fsp3) is 0.680. The van der Waals surface area contributed by atoms with Gasteiger partial charge in [-0.3, -0.25) is 0 Å². The minimum atomic E-state index is -0.318. The standard InChI is InChI=1S/C25H34O4/c1-2-3-4-5-6-11-28-24(26)19-7-9-20(10-8-19)25(27)29-23-21-13-17-12-18(15-21)16-22(23)14-17/h7-10,17-18,21-23H,2-6,11-16H2,1H3. The summed E-state index contributed by atoms with van der Waals surface area (Å²) in [6, 6.07) is 6.73. The molecule has 0 amide bonds. The Hall–Kier alpha value is -1.84. The quantitative estimate of drug-likeness (QED) is 0.390. The van der Waals surface area contributed by atoms with Crippen LogP contribution in [0.25, 0.3) is 0 Å². The van der Waals surface area contributed by atoms with Gasteiger partial charge in [-0.15, -0.1) is 0 Å². The number of carbonyl (C=O) groups excluding carboxylic acids is 2. The maximum Gasteiger partial charge on any atom is 0.338 e. The van der Waals surface area contributed by atoms with Gasteiger partial charge in [-0.1, -0.05) is 32.6 Å². The van der Waals surface area contributed by atoms with E-state index in [0.29, 0.717) is 29.6 Å². The maximum absolute atomic E-state index is 12.7. The summed E-state index contributed by atoms with van der Waals surface area (Å²) in [7, 11) is 0. The van der Waals surface area contributed by atoms with Gasteiger partial charge in [0.1, 0.15) is 6.10 Å². The van der Waals surface area contributed by atoms with Crippen molar-refractivity contribution < 1.29 is 19.1 Å². The highest BCUT2D eigenvalue weighted by molar-refractivity contribution is 5.93. The fourth-order valence-corrected chi connectivity index (χ4v) is 5.96. The van der Waals surface area contributed by atoms with Gasteiger partial charge in [0.05, 0.1) is 17.7 Å². The van der Waals surface area contributed by atoms with Gasteiger partial charge in [0.25, 0.3) is 0 Å². The van der Waals surface area contributed by atoms with Crippen LogP contribution in [0, 0.1) is 23.7 Å². The molecule has 158 valence electrons. The number of ether oxygens (including phenoxy) is 2. The number of carbonyl (C=O) groups is 2. The number of hydrogen-bond acceptors (Lipinski definition) is 4. The van der Waals surface area contributed by atoms with E-state index in [-0.39, 0.29) is 18.0 Å². The van der Waals surface area contributed by atoms with Crippen molar-refractivity contribution in [2.45, 2.75) is 77.2 Å². The van der Waals surface area contributed by atoms with Gasteiger partial charge in [-0.05, 0) is 86.5 Å².